The van der Waals surface area contributed by atoms with Crippen LogP contribution in [0.15, 0.2) is 30.9 Å². The van der Waals surface area contributed by atoms with Crippen LogP contribution in [0.1, 0.15) is 17.5 Å². The first kappa shape index (κ1) is 10.6. The van der Waals surface area contributed by atoms with E-state index in [1.807, 2.05) is 7.05 Å². The smallest absolute Gasteiger partial charge is 0.143 e. The first-order valence-corrected chi connectivity index (χ1v) is 4.87. The number of nitrogens with zero attached hydrogens (tertiary/aromatic N) is 3. The predicted molar refractivity (Wildman–Crippen MR) is 58.1 cm³/mol. The highest BCUT2D eigenvalue weighted by atomic mass is 16.5. The zero-order chi connectivity index (χ0) is 11.5. The third-order valence-electron chi connectivity index (χ3n) is 2.41. The van der Waals surface area contributed by atoms with Crippen LogP contribution in [0.3, 0.4) is 0 Å². The zero-order valence-corrected chi connectivity index (χ0v) is 9.16. The van der Waals surface area contributed by atoms with Crippen LogP contribution in [0.5, 0.6) is 5.75 Å². The molecule has 0 amide bonds. The van der Waals surface area contributed by atoms with Crippen molar-refractivity contribution in [2.45, 2.75) is 6.10 Å². The molecule has 5 nitrogen and oxygen atoms in total. The molecule has 0 aliphatic heterocycles. The van der Waals surface area contributed by atoms with Gasteiger partial charge in [0, 0.05) is 13.2 Å². The largest absolute Gasteiger partial charge is 0.495 e. The van der Waals surface area contributed by atoms with Gasteiger partial charge in [0.1, 0.15) is 17.5 Å². The Kier molecular flexibility index (Phi) is 2.87. The first-order chi connectivity index (χ1) is 7.74. The van der Waals surface area contributed by atoms with Crippen LogP contribution in [0.25, 0.3) is 0 Å². The number of methoxy groups -OCH3 is 1. The Morgan fingerprint density at radius 3 is 2.94 bits per heavy atom. The van der Waals surface area contributed by atoms with Crippen LogP contribution in [0.2, 0.25) is 0 Å². The lowest BCUT2D eigenvalue weighted by atomic mass is 10.1. The normalized spacial score (nSPS) is 12.4. The number of ether oxygens (including phenoxy) is 1. The van der Waals surface area contributed by atoms with Gasteiger partial charge >= 0.3 is 0 Å². The molecule has 0 aliphatic rings. The minimum atomic E-state index is -0.830. The molecule has 1 unspecified atom stereocenters. The van der Waals surface area contributed by atoms with Gasteiger partial charge in [-0.3, -0.25) is 4.98 Å². The van der Waals surface area contributed by atoms with Gasteiger partial charge in [-0.2, -0.15) is 0 Å². The van der Waals surface area contributed by atoms with Gasteiger partial charge in [0.2, 0.25) is 0 Å². The molecule has 0 bridgehead atoms. The second-order valence-electron chi connectivity index (χ2n) is 3.42. The van der Waals surface area contributed by atoms with Gasteiger partial charge in [-0.05, 0) is 12.1 Å². The molecule has 2 aromatic heterocycles. The lowest BCUT2D eigenvalue weighted by molar-refractivity contribution is 0.201. The Labute approximate surface area is 93.3 Å². The summed E-state index contributed by atoms with van der Waals surface area (Å²) in [5.41, 5.74) is 1.17. The van der Waals surface area contributed by atoms with Gasteiger partial charge in [0.25, 0.3) is 0 Å². The summed E-state index contributed by atoms with van der Waals surface area (Å²) in [6.45, 7) is 0. The van der Waals surface area contributed by atoms with Gasteiger partial charge in [-0.1, -0.05) is 0 Å². The fourth-order valence-corrected chi connectivity index (χ4v) is 1.55. The summed E-state index contributed by atoms with van der Waals surface area (Å²) in [5.74, 6) is 0.566. The molecule has 0 fully saturated rings. The SMILES string of the molecule is COc1cccnc1C(O)c1cncn1C. The van der Waals surface area contributed by atoms with Gasteiger partial charge in [0.15, 0.2) is 0 Å². The zero-order valence-electron chi connectivity index (χ0n) is 9.16. The second kappa shape index (κ2) is 4.32. The molecular weight excluding hydrogens is 206 g/mol. The van der Waals surface area contributed by atoms with Crippen LogP contribution in [-0.2, 0) is 7.05 Å². The van der Waals surface area contributed by atoms with Crippen LogP contribution in [-0.4, -0.2) is 26.8 Å². The molecule has 0 saturated carbocycles. The summed E-state index contributed by atoms with van der Waals surface area (Å²) in [6.07, 6.45) is 4.04. The van der Waals surface area contributed by atoms with E-state index in [1.165, 1.54) is 0 Å². The molecule has 2 rings (SSSR count). The maximum atomic E-state index is 10.2. The van der Waals surface area contributed by atoms with Crippen molar-refractivity contribution >= 4 is 0 Å². The quantitative estimate of drug-likeness (QED) is 0.833. The number of pyridine rings is 1. The molecular formula is C11H13N3O2. The monoisotopic (exact) mass is 219 g/mol. The van der Waals surface area contributed by atoms with E-state index in [0.29, 0.717) is 17.1 Å². The molecule has 0 saturated heterocycles. The second-order valence-corrected chi connectivity index (χ2v) is 3.42. The Hall–Kier alpha value is -1.88. The molecule has 16 heavy (non-hydrogen) atoms. The van der Waals surface area contributed by atoms with E-state index < -0.39 is 6.10 Å². The average molecular weight is 219 g/mol. The molecule has 5 heteroatoms. The maximum absolute atomic E-state index is 10.2. The molecule has 0 aromatic carbocycles. The Morgan fingerprint density at radius 1 is 1.50 bits per heavy atom. The number of hydrogen-bond acceptors (Lipinski definition) is 4. The summed E-state index contributed by atoms with van der Waals surface area (Å²) >= 11 is 0. The van der Waals surface area contributed by atoms with Crippen molar-refractivity contribution in [3.8, 4) is 5.75 Å². The van der Waals surface area contributed by atoms with Crippen LogP contribution in [0, 0.1) is 0 Å². The van der Waals surface area contributed by atoms with Gasteiger partial charge in [-0.15, -0.1) is 0 Å². The standard InChI is InChI=1S/C11H13N3O2/c1-14-7-12-6-8(14)11(15)10-9(16-2)4-3-5-13-10/h3-7,11,15H,1-2H3. The van der Waals surface area contributed by atoms with Crippen molar-refractivity contribution in [3.05, 3.63) is 42.2 Å². The van der Waals surface area contributed by atoms with E-state index in [-0.39, 0.29) is 0 Å². The summed E-state index contributed by atoms with van der Waals surface area (Å²) in [7, 11) is 3.37. The molecule has 0 spiro atoms. The van der Waals surface area contributed by atoms with Crippen LogP contribution < -0.4 is 4.74 Å². The van der Waals surface area contributed by atoms with Crippen LogP contribution in [0.4, 0.5) is 0 Å². The molecule has 2 heterocycles. The predicted octanol–water partition coefficient (Wildman–Crippen LogP) is 0.905. The Balaban J connectivity index is 2.41. The number of rotatable bonds is 3. The van der Waals surface area contributed by atoms with E-state index in [4.69, 9.17) is 4.74 Å². The van der Waals surface area contributed by atoms with Crippen LogP contribution >= 0.6 is 0 Å². The number of imidazole rings is 1. The molecule has 84 valence electrons. The maximum Gasteiger partial charge on any atom is 0.143 e. The number of hydrogen-bond donors (Lipinski definition) is 1. The van der Waals surface area contributed by atoms with Crippen molar-refractivity contribution < 1.29 is 9.84 Å². The minimum absolute atomic E-state index is 0.494. The summed E-state index contributed by atoms with van der Waals surface area (Å²) in [6, 6.07) is 3.53. The number of aryl methyl sites for hydroxylation is 1. The van der Waals surface area contributed by atoms with Crippen molar-refractivity contribution in [2.24, 2.45) is 7.05 Å². The number of aliphatic hydroxyl groups is 1. The summed E-state index contributed by atoms with van der Waals surface area (Å²) < 4.78 is 6.90. The van der Waals surface area contributed by atoms with E-state index in [2.05, 4.69) is 9.97 Å². The average Bonchev–Trinajstić information content (AvgIpc) is 2.74. The molecule has 1 N–H and O–H groups in total. The van der Waals surface area contributed by atoms with Crippen molar-refractivity contribution in [1.82, 2.24) is 14.5 Å². The highest BCUT2D eigenvalue weighted by molar-refractivity contribution is 5.32. The number of aliphatic hydroxyl groups excluding tert-OH is 1. The number of aromatic nitrogens is 3. The van der Waals surface area contributed by atoms with E-state index in [9.17, 15) is 5.11 Å². The van der Waals surface area contributed by atoms with Crippen molar-refractivity contribution in [1.29, 1.82) is 0 Å². The van der Waals surface area contributed by atoms with Gasteiger partial charge in [0.05, 0.1) is 25.3 Å². The highest BCUT2D eigenvalue weighted by Crippen LogP contribution is 2.26. The lowest BCUT2D eigenvalue weighted by Gasteiger charge is -2.13. The Morgan fingerprint density at radius 2 is 2.31 bits per heavy atom. The Bertz CT molecular complexity index is 482. The highest BCUT2D eigenvalue weighted by Gasteiger charge is 2.19. The summed E-state index contributed by atoms with van der Waals surface area (Å²) in [4.78, 5) is 8.09. The molecule has 2 aromatic rings. The minimum Gasteiger partial charge on any atom is -0.495 e. The van der Waals surface area contributed by atoms with E-state index in [0.717, 1.165) is 0 Å². The lowest BCUT2D eigenvalue weighted by Crippen LogP contribution is -2.08. The molecule has 0 radical (unpaired) electrons. The van der Waals surface area contributed by atoms with E-state index in [1.54, 1.807) is 42.5 Å². The first-order valence-electron chi connectivity index (χ1n) is 4.87. The molecule has 0 aliphatic carbocycles. The van der Waals surface area contributed by atoms with Crippen molar-refractivity contribution in [2.75, 3.05) is 7.11 Å². The van der Waals surface area contributed by atoms with Crippen molar-refractivity contribution in [3.63, 3.8) is 0 Å². The van der Waals surface area contributed by atoms with Gasteiger partial charge in [-0.25, -0.2) is 4.98 Å². The fourth-order valence-electron chi connectivity index (χ4n) is 1.55. The third-order valence-corrected chi connectivity index (χ3v) is 2.41. The van der Waals surface area contributed by atoms with E-state index >= 15 is 0 Å². The molecule has 1 atom stereocenters. The topological polar surface area (TPSA) is 60.2 Å². The summed E-state index contributed by atoms with van der Waals surface area (Å²) in [5, 5.41) is 10.2. The van der Waals surface area contributed by atoms with Gasteiger partial charge < -0.3 is 14.4 Å². The third kappa shape index (κ3) is 1.77. The fraction of sp³-hybridized carbons (Fsp3) is 0.273.